The summed E-state index contributed by atoms with van der Waals surface area (Å²) in [5.41, 5.74) is 16.1. The number of carbonyl (C=O) groups is 4. The number of carboxylic acid groups (broad SMARTS) is 1. The summed E-state index contributed by atoms with van der Waals surface area (Å²) in [6, 6.07) is -2.94. The molecular formula is C16H29N7O5. The molecule has 1 aliphatic rings. The van der Waals surface area contributed by atoms with Crippen LogP contribution in [-0.4, -0.2) is 70.9 Å². The molecule has 0 aliphatic carbocycles. The SMILES string of the molecule is N=C(N)NCCC[C@H](N)C(=O)N[C@@H](CCC(N)=O)C(=O)N1CCC[C@H]1C(=O)O. The third-order valence-electron chi connectivity index (χ3n) is 4.46. The number of primary amides is 1. The Labute approximate surface area is 162 Å². The van der Waals surface area contributed by atoms with Gasteiger partial charge in [0, 0.05) is 19.5 Å². The van der Waals surface area contributed by atoms with Crippen LogP contribution in [0, 0.1) is 5.41 Å². The van der Waals surface area contributed by atoms with Crippen molar-refractivity contribution in [2.75, 3.05) is 13.1 Å². The Balaban J connectivity index is 2.71. The largest absolute Gasteiger partial charge is 0.480 e. The van der Waals surface area contributed by atoms with E-state index in [9.17, 15) is 24.3 Å². The summed E-state index contributed by atoms with van der Waals surface area (Å²) in [5.74, 6) is -3.08. The van der Waals surface area contributed by atoms with Crippen molar-refractivity contribution in [2.24, 2.45) is 17.2 Å². The van der Waals surface area contributed by atoms with Crippen LogP contribution in [0.3, 0.4) is 0 Å². The standard InChI is InChI=1S/C16H29N7O5/c17-9(3-1-7-21-16(19)20)13(25)22-10(5-6-12(18)24)14(26)23-8-2-4-11(23)15(27)28/h9-11H,1-8,17H2,(H2,18,24)(H,22,25)(H,27,28)(H4,19,20,21)/t9-,10-,11-/m0/s1. The molecule has 0 spiro atoms. The van der Waals surface area contributed by atoms with Crippen molar-refractivity contribution in [1.82, 2.24) is 15.5 Å². The lowest BCUT2D eigenvalue weighted by molar-refractivity contribution is -0.149. The maximum absolute atomic E-state index is 12.8. The number of aliphatic carboxylic acids is 1. The molecule has 28 heavy (non-hydrogen) atoms. The van der Waals surface area contributed by atoms with Gasteiger partial charge in [0.1, 0.15) is 12.1 Å². The molecule has 0 radical (unpaired) electrons. The summed E-state index contributed by atoms with van der Waals surface area (Å²) >= 11 is 0. The van der Waals surface area contributed by atoms with Crippen molar-refractivity contribution < 1.29 is 24.3 Å². The van der Waals surface area contributed by atoms with Gasteiger partial charge in [-0.1, -0.05) is 0 Å². The average molecular weight is 399 g/mol. The molecule has 10 N–H and O–H groups in total. The molecule has 1 fully saturated rings. The highest BCUT2D eigenvalue weighted by atomic mass is 16.4. The Morgan fingerprint density at radius 1 is 1.21 bits per heavy atom. The highest BCUT2D eigenvalue weighted by Gasteiger charge is 2.37. The average Bonchev–Trinajstić information content (AvgIpc) is 3.10. The van der Waals surface area contributed by atoms with E-state index in [2.05, 4.69) is 10.6 Å². The minimum absolute atomic E-state index is 0.0403. The van der Waals surface area contributed by atoms with Crippen molar-refractivity contribution in [3.05, 3.63) is 0 Å². The van der Waals surface area contributed by atoms with Gasteiger partial charge >= 0.3 is 5.97 Å². The Kier molecular flexibility index (Phi) is 9.15. The number of amides is 3. The highest BCUT2D eigenvalue weighted by Crippen LogP contribution is 2.19. The fourth-order valence-corrected chi connectivity index (χ4v) is 2.99. The van der Waals surface area contributed by atoms with Crippen LogP contribution in [0.15, 0.2) is 0 Å². The Morgan fingerprint density at radius 2 is 1.89 bits per heavy atom. The number of hydrogen-bond donors (Lipinski definition) is 7. The number of likely N-dealkylation sites (tertiary alicyclic amines) is 1. The maximum atomic E-state index is 12.8. The van der Waals surface area contributed by atoms with Crippen molar-refractivity contribution in [2.45, 2.75) is 56.7 Å². The molecule has 0 aromatic rings. The number of rotatable bonds is 11. The molecule has 3 atom stereocenters. The van der Waals surface area contributed by atoms with Crippen LogP contribution < -0.4 is 27.8 Å². The highest BCUT2D eigenvalue weighted by molar-refractivity contribution is 5.92. The van der Waals surface area contributed by atoms with Gasteiger partial charge in [-0.3, -0.25) is 19.8 Å². The fourth-order valence-electron chi connectivity index (χ4n) is 2.99. The predicted molar refractivity (Wildman–Crippen MR) is 99.9 cm³/mol. The Morgan fingerprint density at radius 3 is 2.46 bits per heavy atom. The molecule has 1 rings (SSSR count). The number of nitrogens with one attached hydrogen (secondary N) is 3. The lowest BCUT2D eigenvalue weighted by Gasteiger charge is -2.28. The third-order valence-corrected chi connectivity index (χ3v) is 4.46. The number of guanidine groups is 1. The zero-order valence-corrected chi connectivity index (χ0v) is 15.6. The first kappa shape index (κ1) is 23.1. The number of hydrogen-bond acceptors (Lipinski definition) is 6. The summed E-state index contributed by atoms with van der Waals surface area (Å²) in [5, 5.41) is 21.4. The molecule has 3 amide bonds. The molecule has 12 heteroatoms. The second kappa shape index (κ2) is 11.1. The van der Waals surface area contributed by atoms with Crippen LogP contribution in [0.4, 0.5) is 0 Å². The van der Waals surface area contributed by atoms with Gasteiger partial charge in [-0.15, -0.1) is 0 Å². The lowest BCUT2D eigenvalue weighted by Crippen LogP contribution is -2.54. The molecule has 1 aliphatic heterocycles. The minimum atomic E-state index is -1.11. The second-order valence-electron chi connectivity index (χ2n) is 6.68. The van der Waals surface area contributed by atoms with Crippen molar-refractivity contribution in [1.29, 1.82) is 5.41 Å². The van der Waals surface area contributed by atoms with E-state index in [1.54, 1.807) is 0 Å². The summed E-state index contributed by atoms with van der Waals surface area (Å²) in [7, 11) is 0. The van der Waals surface area contributed by atoms with Crippen LogP contribution in [0.25, 0.3) is 0 Å². The first-order valence-electron chi connectivity index (χ1n) is 9.09. The van der Waals surface area contributed by atoms with E-state index in [1.807, 2.05) is 0 Å². The van der Waals surface area contributed by atoms with Gasteiger partial charge in [0.05, 0.1) is 6.04 Å². The number of nitrogens with two attached hydrogens (primary N) is 3. The molecule has 0 saturated carbocycles. The Hall–Kier alpha value is -2.89. The van der Waals surface area contributed by atoms with Gasteiger partial charge in [-0.25, -0.2) is 4.79 Å². The van der Waals surface area contributed by atoms with Gasteiger partial charge in [-0.2, -0.15) is 0 Å². The van der Waals surface area contributed by atoms with Crippen molar-refractivity contribution in [3.63, 3.8) is 0 Å². The van der Waals surface area contributed by atoms with Crippen LogP contribution >= 0.6 is 0 Å². The lowest BCUT2D eigenvalue weighted by atomic mass is 10.1. The number of carboxylic acids is 1. The normalized spacial score (nSPS) is 18.2. The molecule has 1 heterocycles. The van der Waals surface area contributed by atoms with E-state index in [1.165, 1.54) is 4.90 Å². The summed E-state index contributed by atoms with van der Waals surface area (Å²) in [6.45, 7) is 0.635. The number of nitrogens with zero attached hydrogens (tertiary/aromatic N) is 1. The maximum Gasteiger partial charge on any atom is 0.326 e. The van der Waals surface area contributed by atoms with Crippen molar-refractivity contribution in [3.8, 4) is 0 Å². The van der Waals surface area contributed by atoms with Crippen LogP contribution in [0.2, 0.25) is 0 Å². The second-order valence-corrected chi connectivity index (χ2v) is 6.68. The van der Waals surface area contributed by atoms with E-state index >= 15 is 0 Å². The quantitative estimate of drug-likeness (QED) is 0.111. The van der Waals surface area contributed by atoms with Gasteiger partial charge in [0.2, 0.25) is 17.7 Å². The molecular weight excluding hydrogens is 370 g/mol. The number of carbonyl (C=O) groups excluding carboxylic acids is 3. The topological polar surface area (TPSA) is 218 Å². The van der Waals surface area contributed by atoms with Gasteiger partial charge in [0.25, 0.3) is 0 Å². The monoisotopic (exact) mass is 399 g/mol. The predicted octanol–water partition coefficient (Wildman–Crippen LogP) is -2.60. The summed E-state index contributed by atoms with van der Waals surface area (Å²) in [6.07, 6.45) is 1.45. The first-order chi connectivity index (χ1) is 13.1. The van der Waals surface area contributed by atoms with Crippen LogP contribution in [0.5, 0.6) is 0 Å². The molecule has 0 aromatic heterocycles. The fraction of sp³-hybridized carbons (Fsp3) is 0.688. The van der Waals surface area contributed by atoms with Gasteiger partial charge < -0.3 is 37.8 Å². The summed E-state index contributed by atoms with van der Waals surface area (Å²) in [4.78, 5) is 48.7. The zero-order valence-electron chi connectivity index (χ0n) is 15.6. The molecule has 158 valence electrons. The molecule has 0 bridgehead atoms. The van der Waals surface area contributed by atoms with E-state index in [4.69, 9.17) is 22.6 Å². The van der Waals surface area contributed by atoms with Crippen LogP contribution in [-0.2, 0) is 19.2 Å². The van der Waals surface area contributed by atoms with Gasteiger partial charge in [0.15, 0.2) is 5.96 Å². The van der Waals surface area contributed by atoms with E-state index in [-0.39, 0.29) is 31.8 Å². The van der Waals surface area contributed by atoms with E-state index < -0.39 is 41.8 Å². The first-order valence-corrected chi connectivity index (χ1v) is 9.09. The van der Waals surface area contributed by atoms with Gasteiger partial charge in [-0.05, 0) is 32.1 Å². The van der Waals surface area contributed by atoms with Crippen molar-refractivity contribution >= 4 is 29.7 Å². The minimum Gasteiger partial charge on any atom is -0.480 e. The molecule has 0 unspecified atom stereocenters. The van der Waals surface area contributed by atoms with Crippen LogP contribution in [0.1, 0.15) is 38.5 Å². The van der Waals surface area contributed by atoms with E-state index in [0.717, 1.165) is 0 Å². The third kappa shape index (κ3) is 7.39. The Bertz CT molecular complexity index is 612. The molecule has 0 aromatic carbocycles. The molecule has 12 nitrogen and oxygen atoms in total. The smallest absolute Gasteiger partial charge is 0.326 e. The van der Waals surface area contributed by atoms with E-state index in [0.29, 0.717) is 25.8 Å². The zero-order chi connectivity index (χ0) is 21.3. The molecule has 1 saturated heterocycles. The summed E-state index contributed by atoms with van der Waals surface area (Å²) < 4.78 is 0.